The van der Waals surface area contributed by atoms with Gasteiger partial charge in [-0.3, -0.25) is 24.0 Å². The fourth-order valence-electron chi connectivity index (χ4n) is 4.39. The van der Waals surface area contributed by atoms with E-state index in [9.17, 15) is 55.4 Å². The average Bonchev–Trinajstić information content (AvgIpc) is 3.84. The number of hydrogen-bond donors (Lipinski definition) is 6. The lowest BCUT2D eigenvalue weighted by atomic mass is 10.0. The molecule has 7 N–H and O–H groups in total. The van der Waals surface area contributed by atoms with Crippen LogP contribution >= 0.6 is 0 Å². The number of alkyl halides is 6. The van der Waals surface area contributed by atoms with Crippen LogP contribution in [0.2, 0.25) is 0 Å². The van der Waals surface area contributed by atoms with Gasteiger partial charge >= 0.3 is 18.0 Å². The number of nitrogens with zero attached hydrogens (tertiary/aromatic N) is 2. The monoisotopic (exact) mass is 687 g/mol. The smallest absolute Gasteiger partial charge is 0.382 e. The van der Waals surface area contributed by atoms with Gasteiger partial charge in [-0.05, 0) is 31.0 Å². The van der Waals surface area contributed by atoms with Crippen molar-refractivity contribution in [1.82, 2.24) is 21.3 Å². The highest BCUT2D eigenvalue weighted by atomic mass is 19.4. The molecule has 0 radical (unpaired) electrons. The summed E-state index contributed by atoms with van der Waals surface area (Å²) < 4.78 is 79.0. The maximum atomic E-state index is 13.2. The van der Waals surface area contributed by atoms with Crippen molar-refractivity contribution in [2.24, 2.45) is 16.0 Å². The van der Waals surface area contributed by atoms with E-state index < -0.39 is 91.2 Å². The number of aliphatic hydroxyl groups excluding tert-OH is 1. The van der Waals surface area contributed by atoms with Gasteiger partial charge in [0, 0.05) is 24.0 Å². The van der Waals surface area contributed by atoms with Crippen LogP contribution in [-0.2, 0) is 31.3 Å². The van der Waals surface area contributed by atoms with Crippen LogP contribution in [0.25, 0.3) is 0 Å². The summed E-state index contributed by atoms with van der Waals surface area (Å²) in [6.07, 6.45) is -14.3. The Balaban J connectivity index is 1.63. The minimum absolute atomic E-state index is 0.0901. The van der Waals surface area contributed by atoms with E-state index in [1.54, 1.807) is 30.3 Å². The minimum Gasteiger partial charge on any atom is -0.382 e. The van der Waals surface area contributed by atoms with Crippen molar-refractivity contribution in [2.45, 2.75) is 68.4 Å². The maximum absolute atomic E-state index is 13.2. The van der Waals surface area contributed by atoms with E-state index in [1.807, 2.05) is 5.32 Å². The number of carbonyl (C=O) groups is 5. The van der Waals surface area contributed by atoms with Gasteiger partial charge in [-0.15, -0.1) is 10.2 Å². The van der Waals surface area contributed by atoms with Gasteiger partial charge in [-0.1, -0.05) is 42.5 Å². The molecule has 0 spiro atoms. The van der Waals surface area contributed by atoms with E-state index in [1.165, 1.54) is 0 Å². The summed E-state index contributed by atoms with van der Waals surface area (Å²) in [5.41, 5.74) is 2.46. The summed E-state index contributed by atoms with van der Waals surface area (Å²) in [4.78, 5) is 62.2. The predicted molar refractivity (Wildman–Crippen MR) is 153 cm³/mol. The molecule has 0 aromatic heterocycles. The Kier molecular flexibility index (Phi) is 11.9. The van der Waals surface area contributed by atoms with Gasteiger partial charge in [0.2, 0.25) is 23.6 Å². The van der Waals surface area contributed by atoms with Crippen LogP contribution in [0.4, 0.5) is 26.3 Å². The van der Waals surface area contributed by atoms with Crippen molar-refractivity contribution in [2.75, 3.05) is 6.54 Å². The van der Waals surface area contributed by atoms with E-state index in [4.69, 9.17) is 5.73 Å². The molecule has 1 aliphatic rings. The molecule has 0 fully saturated rings. The Morgan fingerprint density at radius 1 is 0.875 bits per heavy atom. The zero-order valence-electron chi connectivity index (χ0n) is 25.1. The van der Waals surface area contributed by atoms with Crippen LogP contribution < -0.4 is 27.0 Å². The molecule has 19 heteroatoms. The number of aliphatic hydroxyl groups is 1. The molecule has 13 nitrogen and oxygen atoms in total. The summed E-state index contributed by atoms with van der Waals surface area (Å²) in [6.45, 7) is 0.455. The first kappa shape index (κ1) is 37.4. The Bertz CT molecular complexity index is 1510. The molecular formula is C29H31F6N7O6. The fraction of sp³-hybridized carbons (Fsp3) is 0.414. The number of nitrogens with two attached hydrogens (primary N) is 1. The molecule has 2 unspecified atom stereocenters. The number of carbonyl (C=O) groups excluding carboxylic acids is 5. The van der Waals surface area contributed by atoms with E-state index in [-0.39, 0.29) is 17.5 Å². The van der Waals surface area contributed by atoms with Crippen molar-refractivity contribution >= 4 is 29.5 Å². The molecule has 0 aliphatic carbocycles. The molecule has 4 atom stereocenters. The number of nitrogens with one attached hydrogen (secondary N) is 4. The second-order valence-electron chi connectivity index (χ2n) is 10.8. The normalized spacial score (nSPS) is 16.1. The van der Waals surface area contributed by atoms with E-state index in [0.717, 1.165) is 31.2 Å². The summed E-state index contributed by atoms with van der Waals surface area (Å²) in [6, 6.07) is 7.63. The molecular weight excluding hydrogens is 656 g/mol. The van der Waals surface area contributed by atoms with Crippen LogP contribution in [0.3, 0.4) is 0 Å². The first-order valence-electron chi connectivity index (χ1n) is 14.2. The first-order chi connectivity index (χ1) is 22.3. The predicted octanol–water partition coefficient (Wildman–Crippen LogP) is 1.50. The third-order valence-corrected chi connectivity index (χ3v) is 7.09. The molecule has 0 saturated heterocycles. The van der Waals surface area contributed by atoms with Crippen molar-refractivity contribution in [3.63, 3.8) is 0 Å². The molecule has 3 rings (SSSR count). The molecule has 48 heavy (non-hydrogen) atoms. The van der Waals surface area contributed by atoms with Gasteiger partial charge in [-0.2, -0.15) is 26.3 Å². The molecule has 5 amide bonds. The van der Waals surface area contributed by atoms with Crippen LogP contribution in [-0.4, -0.2) is 77.8 Å². The molecule has 260 valence electrons. The molecule has 0 bridgehead atoms. The van der Waals surface area contributed by atoms with Gasteiger partial charge < -0.3 is 32.1 Å². The number of primary amides is 1. The summed E-state index contributed by atoms with van der Waals surface area (Å²) in [5, 5.41) is 24.7. The number of hydrogen-bond acceptors (Lipinski definition) is 8. The first-order valence-corrected chi connectivity index (χ1v) is 14.2. The highest BCUT2D eigenvalue weighted by Crippen LogP contribution is 2.52. The number of benzene rings is 2. The number of rotatable bonds is 15. The van der Waals surface area contributed by atoms with Crippen molar-refractivity contribution in [1.29, 1.82) is 0 Å². The zero-order valence-corrected chi connectivity index (χ0v) is 25.1. The third-order valence-electron chi connectivity index (χ3n) is 7.09. The Morgan fingerprint density at radius 3 is 2.00 bits per heavy atom. The van der Waals surface area contributed by atoms with Gasteiger partial charge in [0.05, 0.1) is 12.6 Å². The maximum Gasteiger partial charge on any atom is 0.442 e. The second-order valence-corrected chi connectivity index (χ2v) is 10.8. The van der Waals surface area contributed by atoms with Crippen LogP contribution in [0.15, 0.2) is 64.8 Å². The Hall–Kier alpha value is -5.07. The average molecular weight is 688 g/mol. The molecule has 1 aliphatic heterocycles. The zero-order chi connectivity index (χ0) is 35.9. The van der Waals surface area contributed by atoms with Crippen LogP contribution in [0, 0.1) is 0 Å². The molecule has 2 aromatic rings. The Labute approximate surface area is 268 Å². The van der Waals surface area contributed by atoms with E-state index in [0.29, 0.717) is 5.56 Å². The summed E-state index contributed by atoms with van der Waals surface area (Å²) >= 11 is 0. The van der Waals surface area contributed by atoms with Gasteiger partial charge in [0.25, 0.3) is 5.91 Å². The number of halogens is 6. The van der Waals surface area contributed by atoms with Gasteiger partial charge in [0.15, 0.2) is 6.10 Å². The lowest BCUT2D eigenvalue weighted by molar-refractivity contribution is -0.212. The fourth-order valence-corrected chi connectivity index (χ4v) is 4.39. The largest absolute Gasteiger partial charge is 0.442 e. The SMILES string of the molecule is C[C@H](NC(=O)[C@H](Cc1ccccc1)NC(=O)CNC(=O)c1ccc(C2(C(F)(F)F)N=N2)cc1)C(=O)NC(CCC(N)=O)C(O)C(F)(F)F. The van der Waals surface area contributed by atoms with Gasteiger partial charge in [-0.25, -0.2) is 0 Å². The van der Waals surface area contributed by atoms with Gasteiger partial charge in [0.1, 0.15) is 12.1 Å². The van der Waals surface area contributed by atoms with Crippen molar-refractivity contribution < 1.29 is 55.4 Å². The van der Waals surface area contributed by atoms with Crippen LogP contribution in [0.5, 0.6) is 0 Å². The molecule has 1 heterocycles. The summed E-state index contributed by atoms with van der Waals surface area (Å²) in [7, 11) is 0. The lowest BCUT2D eigenvalue weighted by Gasteiger charge is -2.27. The van der Waals surface area contributed by atoms with Crippen LogP contribution in [0.1, 0.15) is 41.3 Å². The standard InChI is InChI=1S/C29H31F6N7O6/c1-15(24(46)40-19(11-12-21(36)43)23(45)28(30,31)32)38-26(48)20(13-16-5-3-2-4-6-16)39-22(44)14-37-25(47)17-7-9-18(10-8-17)27(41-42-27)29(33,34)35/h2-10,15,19-20,23,45H,11-14H2,1H3,(H2,36,43)(H,37,47)(H,38,48)(H,39,44)(H,40,46)/t15-,19?,20-,23?/m0/s1. The van der Waals surface area contributed by atoms with Crippen molar-refractivity contribution in [3.8, 4) is 0 Å². The highest BCUT2D eigenvalue weighted by Gasteiger charge is 2.65. The quantitative estimate of drug-likeness (QED) is 0.153. The molecule has 0 saturated carbocycles. The molecule has 2 aromatic carbocycles. The lowest BCUT2D eigenvalue weighted by Crippen LogP contribution is -2.57. The second kappa shape index (κ2) is 15.2. The Morgan fingerprint density at radius 2 is 1.48 bits per heavy atom. The number of amides is 5. The van der Waals surface area contributed by atoms with E-state index in [2.05, 4.69) is 26.2 Å². The van der Waals surface area contributed by atoms with Crippen molar-refractivity contribution in [3.05, 3.63) is 71.3 Å². The summed E-state index contributed by atoms with van der Waals surface area (Å²) in [5.74, 6) is -4.76. The highest BCUT2D eigenvalue weighted by molar-refractivity contribution is 5.97. The topological polar surface area (TPSA) is 204 Å². The third kappa shape index (κ3) is 9.96. The van der Waals surface area contributed by atoms with E-state index >= 15 is 0 Å². The minimum atomic E-state index is -5.15.